The van der Waals surface area contributed by atoms with Crippen molar-refractivity contribution in [1.82, 2.24) is 0 Å². The van der Waals surface area contributed by atoms with Gasteiger partial charge in [-0.1, -0.05) is 46.1 Å². The zero-order valence-electron chi connectivity index (χ0n) is 11.9. The third-order valence-electron chi connectivity index (χ3n) is 3.01. The fraction of sp³-hybridized carbons (Fsp3) is 0.188. The Morgan fingerprint density at radius 1 is 1.19 bits per heavy atom. The molecule has 0 amide bonds. The van der Waals surface area contributed by atoms with Crippen molar-refractivity contribution in [3.8, 4) is 5.75 Å². The molecule has 0 atom stereocenters. The summed E-state index contributed by atoms with van der Waals surface area (Å²) in [6.45, 7) is 4.57. The Balaban J connectivity index is 2.12. The molecule has 110 valence electrons. The number of nitrogens with two attached hydrogens (primary N) is 1. The average molecular weight is 305 g/mol. The molecular weight excluding hydrogens is 288 g/mol. The van der Waals surface area contributed by atoms with E-state index in [0.29, 0.717) is 22.9 Å². The molecule has 0 heterocycles. The van der Waals surface area contributed by atoms with Gasteiger partial charge in [0.1, 0.15) is 12.4 Å². The fourth-order valence-corrected chi connectivity index (χ4v) is 2.43. The van der Waals surface area contributed by atoms with E-state index in [4.69, 9.17) is 27.3 Å². The molecule has 0 fully saturated rings. The maximum absolute atomic E-state index is 8.66. The number of aryl methyl sites for hydroxylation is 2. The van der Waals surface area contributed by atoms with Crippen LogP contribution >= 0.6 is 11.6 Å². The van der Waals surface area contributed by atoms with Gasteiger partial charge in [-0.25, -0.2) is 0 Å². The van der Waals surface area contributed by atoms with Crippen LogP contribution in [0.2, 0.25) is 5.02 Å². The second kappa shape index (κ2) is 6.50. The zero-order chi connectivity index (χ0) is 15.4. The Morgan fingerprint density at radius 2 is 1.86 bits per heavy atom. The van der Waals surface area contributed by atoms with Gasteiger partial charge in [-0.05, 0) is 37.6 Å². The van der Waals surface area contributed by atoms with Crippen LogP contribution in [0.15, 0.2) is 41.6 Å². The summed E-state index contributed by atoms with van der Waals surface area (Å²) in [5.74, 6) is 0.606. The minimum absolute atomic E-state index is 0.0270. The minimum Gasteiger partial charge on any atom is -0.489 e. The third kappa shape index (κ3) is 3.89. The predicted octanol–water partition coefficient (Wildman–Crippen LogP) is 3.63. The van der Waals surface area contributed by atoms with Crippen molar-refractivity contribution in [2.45, 2.75) is 20.5 Å². The van der Waals surface area contributed by atoms with Gasteiger partial charge >= 0.3 is 0 Å². The maximum Gasteiger partial charge on any atom is 0.171 e. The van der Waals surface area contributed by atoms with Gasteiger partial charge in [-0.15, -0.1) is 0 Å². The van der Waals surface area contributed by atoms with Crippen molar-refractivity contribution in [2.75, 3.05) is 0 Å². The first-order chi connectivity index (χ1) is 9.99. The van der Waals surface area contributed by atoms with Crippen LogP contribution in [0.4, 0.5) is 0 Å². The largest absolute Gasteiger partial charge is 0.489 e. The Kier molecular flexibility index (Phi) is 4.70. The summed E-state index contributed by atoms with van der Waals surface area (Å²) in [4.78, 5) is 0. The number of ether oxygens (including phenoxy) is 1. The molecule has 0 aliphatic heterocycles. The summed E-state index contributed by atoms with van der Waals surface area (Å²) >= 11 is 6.08. The number of benzene rings is 2. The van der Waals surface area contributed by atoms with E-state index in [1.54, 1.807) is 18.2 Å². The molecule has 2 aromatic carbocycles. The predicted molar refractivity (Wildman–Crippen MR) is 84.2 cm³/mol. The molecule has 0 radical (unpaired) electrons. The highest BCUT2D eigenvalue weighted by Gasteiger charge is 2.07. The van der Waals surface area contributed by atoms with Crippen molar-refractivity contribution in [1.29, 1.82) is 0 Å². The van der Waals surface area contributed by atoms with Gasteiger partial charge in [-0.2, -0.15) is 0 Å². The maximum atomic E-state index is 8.66. The number of nitrogens with zero attached hydrogens (tertiary/aromatic N) is 1. The first-order valence-corrected chi connectivity index (χ1v) is 6.85. The molecule has 2 aromatic rings. The molecule has 21 heavy (non-hydrogen) atoms. The summed E-state index contributed by atoms with van der Waals surface area (Å²) < 4.78 is 5.72. The van der Waals surface area contributed by atoms with Gasteiger partial charge in [0.15, 0.2) is 5.84 Å². The molecule has 4 nitrogen and oxygen atoms in total. The van der Waals surface area contributed by atoms with Gasteiger partial charge in [0.25, 0.3) is 0 Å². The molecule has 0 spiro atoms. The van der Waals surface area contributed by atoms with Crippen LogP contribution in [0.5, 0.6) is 5.75 Å². The fourth-order valence-electron chi connectivity index (χ4n) is 2.17. The minimum atomic E-state index is -0.0270. The molecule has 0 aliphatic carbocycles. The number of oxime groups is 1. The lowest BCUT2D eigenvalue weighted by atomic mass is 10.1. The molecule has 2 rings (SSSR count). The van der Waals surface area contributed by atoms with E-state index in [1.165, 1.54) is 11.1 Å². The van der Waals surface area contributed by atoms with E-state index in [-0.39, 0.29) is 5.84 Å². The zero-order valence-corrected chi connectivity index (χ0v) is 12.7. The molecule has 0 saturated heterocycles. The van der Waals surface area contributed by atoms with Gasteiger partial charge in [-0.3, -0.25) is 0 Å². The number of hydrogen-bond acceptors (Lipinski definition) is 3. The smallest absolute Gasteiger partial charge is 0.171 e. The van der Waals surface area contributed by atoms with Crippen LogP contribution in [-0.2, 0) is 6.61 Å². The Labute approximate surface area is 128 Å². The summed E-state index contributed by atoms with van der Waals surface area (Å²) in [5, 5.41) is 12.0. The second-order valence-electron chi connectivity index (χ2n) is 4.91. The van der Waals surface area contributed by atoms with Crippen LogP contribution in [0.25, 0.3) is 0 Å². The van der Waals surface area contributed by atoms with Crippen molar-refractivity contribution in [2.24, 2.45) is 10.9 Å². The molecule has 5 heteroatoms. The van der Waals surface area contributed by atoms with Crippen LogP contribution in [0.1, 0.15) is 22.3 Å². The van der Waals surface area contributed by atoms with E-state index >= 15 is 0 Å². The van der Waals surface area contributed by atoms with Crippen molar-refractivity contribution < 1.29 is 9.94 Å². The Morgan fingerprint density at radius 3 is 2.43 bits per heavy atom. The van der Waals surface area contributed by atoms with Gasteiger partial charge in [0.2, 0.25) is 0 Å². The van der Waals surface area contributed by atoms with E-state index < -0.39 is 0 Å². The highest BCUT2D eigenvalue weighted by molar-refractivity contribution is 6.34. The highest BCUT2D eigenvalue weighted by atomic mass is 35.5. The Bertz CT molecular complexity index is 664. The second-order valence-corrected chi connectivity index (χ2v) is 5.32. The summed E-state index contributed by atoms with van der Waals surface area (Å²) in [6.07, 6.45) is 0. The number of halogens is 1. The molecule has 0 aromatic heterocycles. The van der Waals surface area contributed by atoms with Gasteiger partial charge < -0.3 is 15.7 Å². The van der Waals surface area contributed by atoms with E-state index in [0.717, 1.165) is 5.56 Å². The number of rotatable bonds is 4. The van der Waals surface area contributed by atoms with E-state index in [2.05, 4.69) is 37.2 Å². The topological polar surface area (TPSA) is 67.8 Å². The Hall–Kier alpha value is -2.20. The van der Waals surface area contributed by atoms with Crippen LogP contribution in [0, 0.1) is 13.8 Å². The summed E-state index contributed by atoms with van der Waals surface area (Å²) in [5.41, 5.74) is 9.49. The first kappa shape index (κ1) is 15.2. The van der Waals surface area contributed by atoms with Crippen molar-refractivity contribution in [3.05, 3.63) is 63.7 Å². The van der Waals surface area contributed by atoms with Crippen molar-refractivity contribution in [3.63, 3.8) is 0 Å². The van der Waals surface area contributed by atoms with Gasteiger partial charge in [0, 0.05) is 5.56 Å². The molecule has 0 bridgehead atoms. The lowest BCUT2D eigenvalue weighted by molar-refractivity contribution is 0.306. The highest BCUT2D eigenvalue weighted by Crippen LogP contribution is 2.23. The quantitative estimate of drug-likeness (QED) is 0.392. The first-order valence-electron chi connectivity index (χ1n) is 6.47. The van der Waals surface area contributed by atoms with Crippen molar-refractivity contribution >= 4 is 17.4 Å². The van der Waals surface area contributed by atoms with Crippen LogP contribution < -0.4 is 10.5 Å². The molecule has 0 saturated carbocycles. The molecule has 0 unspecified atom stereocenters. The normalized spacial score (nSPS) is 11.5. The monoisotopic (exact) mass is 304 g/mol. The number of hydrogen-bond donors (Lipinski definition) is 2. The molecular formula is C16H17ClN2O2. The summed E-state index contributed by atoms with van der Waals surface area (Å²) in [6, 6.07) is 11.3. The lowest BCUT2D eigenvalue weighted by Gasteiger charge is -2.10. The number of amidine groups is 1. The van der Waals surface area contributed by atoms with Crippen LogP contribution in [-0.4, -0.2) is 11.0 Å². The molecule has 3 N–H and O–H groups in total. The van der Waals surface area contributed by atoms with Gasteiger partial charge in [0.05, 0.1) is 5.02 Å². The lowest BCUT2D eigenvalue weighted by Crippen LogP contribution is -2.13. The SMILES string of the molecule is Cc1cc(C)cc(COc2ccc(/C(N)=N/O)c(Cl)c2)c1. The van der Waals surface area contributed by atoms with E-state index in [1.807, 2.05) is 0 Å². The van der Waals surface area contributed by atoms with E-state index in [9.17, 15) is 0 Å². The third-order valence-corrected chi connectivity index (χ3v) is 3.32. The standard InChI is InChI=1S/C16H17ClN2O2/c1-10-5-11(2)7-12(6-10)9-21-13-3-4-14(15(17)8-13)16(18)19-20/h3-8,20H,9H2,1-2H3,(H2,18,19). The summed E-state index contributed by atoms with van der Waals surface area (Å²) in [7, 11) is 0. The molecule has 0 aliphatic rings. The van der Waals surface area contributed by atoms with Crippen LogP contribution in [0.3, 0.4) is 0 Å². The average Bonchev–Trinajstić information content (AvgIpc) is 2.43.